The Kier molecular flexibility index (Phi) is 11.0. The minimum atomic E-state index is -1.19. The number of esters is 1. The van der Waals surface area contributed by atoms with E-state index >= 15 is 0 Å². The summed E-state index contributed by atoms with van der Waals surface area (Å²) in [5, 5.41) is 5.99. The number of piperazine rings is 1. The first-order chi connectivity index (χ1) is 25.9. The highest BCUT2D eigenvalue weighted by molar-refractivity contribution is 7.11. The number of benzene rings is 2. The Morgan fingerprint density at radius 1 is 1.11 bits per heavy atom. The number of imidazole rings is 1. The van der Waals surface area contributed by atoms with Gasteiger partial charge in [-0.3, -0.25) is 14.8 Å². The first kappa shape index (κ1) is 37.9. The summed E-state index contributed by atoms with van der Waals surface area (Å²) in [5.41, 5.74) is 4.15. The molecule has 0 spiro atoms. The summed E-state index contributed by atoms with van der Waals surface area (Å²) in [6.45, 7) is 12.7. The predicted molar refractivity (Wildman–Crippen MR) is 211 cm³/mol. The van der Waals surface area contributed by atoms with E-state index in [-0.39, 0.29) is 22.7 Å². The number of nitrogens with one attached hydrogen (secondary N) is 1. The number of methoxy groups -OCH3 is 1. The Bertz CT molecular complexity index is 2080. The molecule has 3 aliphatic heterocycles. The van der Waals surface area contributed by atoms with Crippen molar-refractivity contribution in [1.82, 2.24) is 29.7 Å². The monoisotopic (exact) mass is 790 g/mol. The van der Waals surface area contributed by atoms with Crippen molar-refractivity contribution < 1.29 is 23.5 Å². The first-order valence-electron chi connectivity index (χ1n) is 17.9. The minimum Gasteiger partial charge on any atom is -0.466 e. The number of anilines is 1. The van der Waals surface area contributed by atoms with Crippen LogP contribution in [-0.2, 0) is 21.0 Å². The molecule has 2 aromatic carbocycles. The second kappa shape index (κ2) is 15.7. The molecule has 54 heavy (non-hydrogen) atoms. The Balaban J connectivity index is 1.07. The number of nitrogens with zero attached hydrogens (tertiary/aromatic N) is 7. The molecule has 12 nitrogen and oxygen atoms in total. The molecule has 5 heterocycles. The van der Waals surface area contributed by atoms with Crippen LogP contribution in [-0.4, -0.2) is 103 Å². The number of aryl methyl sites for hydroxylation is 1. The van der Waals surface area contributed by atoms with E-state index in [9.17, 15) is 14.0 Å². The van der Waals surface area contributed by atoms with Gasteiger partial charge in [-0.25, -0.2) is 23.9 Å². The molecule has 4 aromatic rings. The summed E-state index contributed by atoms with van der Waals surface area (Å²) in [6, 6.07) is 12.2. The molecule has 0 radical (unpaired) electrons. The van der Waals surface area contributed by atoms with E-state index in [4.69, 9.17) is 26.1 Å². The van der Waals surface area contributed by atoms with Gasteiger partial charge in [-0.2, -0.15) is 0 Å². The van der Waals surface area contributed by atoms with Crippen molar-refractivity contribution in [2.24, 2.45) is 4.99 Å². The number of carbonyl (C=O) groups is 2. The van der Waals surface area contributed by atoms with Crippen molar-refractivity contribution in [1.29, 1.82) is 0 Å². The van der Waals surface area contributed by atoms with E-state index in [1.165, 1.54) is 30.6 Å². The number of urea groups is 1. The van der Waals surface area contributed by atoms with Crippen LogP contribution in [0, 0.1) is 12.7 Å². The maximum atomic E-state index is 14.1. The first-order valence-corrected chi connectivity index (χ1v) is 22.9. The largest absolute Gasteiger partial charge is 0.466 e. The highest BCUT2D eigenvalue weighted by atomic mass is 35.5. The van der Waals surface area contributed by atoms with Gasteiger partial charge < -0.3 is 24.3 Å². The van der Waals surface area contributed by atoms with Crippen molar-refractivity contribution >= 4 is 54.5 Å². The van der Waals surface area contributed by atoms with Gasteiger partial charge in [-0.1, -0.05) is 49.4 Å². The van der Waals surface area contributed by atoms with Gasteiger partial charge in [-0.15, -0.1) is 11.3 Å². The number of halogens is 2. The minimum absolute atomic E-state index is 0.0291. The Morgan fingerprint density at radius 2 is 1.91 bits per heavy atom. The number of aliphatic imine (C=N–C) groups is 1. The normalized spacial score (nSPS) is 19.2. The van der Waals surface area contributed by atoms with E-state index in [0.717, 1.165) is 35.4 Å². The standard InChI is InChI=1S/C38H44ClFN8O4SSi/c1-24-42-19-32(48(24)23-52-15-17-54(3,4)5)25-6-9-27(10-7-25)47-21-28-20-45(13-14-46(28)38(47)50)22-31-33(37(49)51-2)34(29-11-8-26(40)18-30(29)39)44-35(43-31)36-41-12-16-53-36/h6-12,16,18-19,28,34H,13-15,17,20-23H2,1-5H3,(H,43,44)/t28-,34?/m0/s1. The van der Waals surface area contributed by atoms with Gasteiger partial charge in [0.2, 0.25) is 0 Å². The van der Waals surface area contributed by atoms with Gasteiger partial charge in [0.05, 0.1) is 30.6 Å². The third-order valence-electron chi connectivity index (χ3n) is 9.99. The van der Waals surface area contributed by atoms with Gasteiger partial charge >= 0.3 is 12.0 Å². The summed E-state index contributed by atoms with van der Waals surface area (Å²) < 4.78 is 27.5. The number of fused-ring (bicyclic) bond motifs is 1. The van der Waals surface area contributed by atoms with Gasteiger partial charge in [0.1, 0.15) is 24.4 Å². The lowest BCUT2D eigenvalue weighted by Crippen LogP contribution is -2.53. The van der Waals surface area contributed by atoms with E-state index in [1.807, 2.05) is 52.6 Å². The number of ether oxygens (including phenoxy) is 2. The number of rotatable bonds is 12. The number of aromatic nitrogens is 3. The van der Waals surface area contributed by atoms with Crippen LogP contribution in [0.4, 0.5) is 14.9 Å². The molecule has 16 heteroatoms. The molecule has 284 valence electrons. The van der Waals surface area contributed by atoms with Crippen LogP contribution in [0.25, 0.3) is 11.3 Å². The number of carbonyl (C=O) groups excluding carboxylic acids is 2. The number of hydrogen-bond donors (Lipinski definition) is 1. The summed E-state index contributed by atoms with van der Waals surface area (Å²) in [4.78, 5) is 47.0. The molecule has 2 amide bonds. The lowest BCUT2D eigenvalue weighted by Gasteiger charge is -2.38. The number of amides is 2. The quantitative estimate of drug-likeness (QED) is 0.0975. The zero-order valence-electron chi connectivity index (χ0n) is 31.0. The van der Waals surface area contributed by atoms with Crippen molar-refractivity contribution in [2.45, 2.75) is 51.4 Å². The lowest BCUT2D eigenvalue weighted by atomic mass is 9.95. The predicted octanol–water partition coefficient (Wildman–Crippen LogP) is 6.56. The van der Waals surface area contributed by atoms with Crippen LogP contribution in [0.15, 0.2) is 76.5 Å². The fourth-order valence-electron chi connectivity index (χ4n) is 7.03. The number of amidine groups is 1. The van der Waals surface area contributed by atoms with E-state index in [1.54, 1.807) is 12.3 Å². The molecule has 0 bridgehead atoms. The molecule has 0 saturated carbocycles. The summed E-state index contributed by atoms with van der Waals surface area (Å²) in [5.74, 6) is 0.311. The van der Waals surface area contributed by atoms with Crippen LogP contribution in [0.3, 0.4) is 0 Å². The highest BCUT2D eigenvalue weighted by Crippen LogP contribution is 2.37. The van der Waals surface area contributed by atoms with Crippen molar-refractivity contribution in [3.63, 3.8) is 0 Å². The Labute approximate surface area is 324 Å². The molecule has 2 fully saturated rings. The lowest BCUT2D eigenvalue weighted by molar-refractivity contribution is -0.136. The zero-order valence-corrected chi connectivity index (χ0v) is 33.6. The van der Waals surface area contributed by atoms with Crippen LogP contribution >= 0.6 is 22.9 Å². The summed E-state index contributed by atoms with van der Waals surface area (Å²) in [7, 11) is 0.131. The smallest absolute Gasteiger partial charge is 0.338 e. The van der Waals surface area contributed by atoms with E-state index < -0.39 is 25.9 Å². The summed E-state index contributed by atoms with van der Waals surface area (Å²) in [6.07, 6.45) is 3.55. The van der Waals surface area contributed by atoms with Crippen LogP contribution in [0.2, 0.25) is 30.7 Å². The molecule has 2 aromatic heterocycles. The third kappa shape index (κ3) is 8.00. The maximum absolute atomic E-state index is 14.1. The number of thiazole rings is 1. The molecule has 0 aliphatic carbocycles. The fourth-order valence-corrected chi connectivity index (χ4v) is 8.65. The fraction of sp³-hybridized carbons (Fsp3) is 0.395. The third-order valence-corrected chi connectivity index (χ3v) is 12.8. The molecule has 7 rings (SSSR count). The molecule has 3 aliphatic rings. The van der Waals surface area contributed by atoms with Crippen LogP contribution in [0.1, 0.15) is 22.4 Å². The second-order valence-corrected chi connectivity index (χ2v) is 21.8. The molecule has 1 unspecified atom stereocenters. The average molecular weight is 791 g/mol. The van der Waals surface area contributed by atoms with E-state index in [0.29, 0.717) is 61.6 Å². The average Bonchev–Trinajstić information content (AvgIpc) is 3.89. The molecule has 2 atom stereocenters. The summed E-state index contributed by atoms with van der Waals surface area (Å²) >= 11 is 7.94. The second-order valence-electron chi connectivity index (χ2n) is 14.9. The van der Waals surface area contributed by atoms with Crippen LogP contribution < -0.4 is 10.2 Å². The number of hydrogen-bond acceptors (Lipinski definition) is 10. The molecule has 2 saturated heterocycles. The highest BCUT2D eigenvalue weighted by Gasteiger charge is 2.42. The molecular formula is C38H44ClFN8O4SSi. The van der Waals surface area contributed by atoms with Gasteiger partial charge in [0.25, 0.3) is 0 Å². The van der Waals surface area contributed by atoms with E-state index in [2.05, 4.69) is 44.4 Å². The van der Waals surface area contributed by atoms with Gasteiger partial charge in [0.15, 0.2) is 10.8 Å². The van der Waals surface area contributed by atoms with Crippen LogP contribution in [0.5, 0.6) is 0 Å². The van der Waals surface area contributed by atoms with Crippen molar-refractivity contribution in [3.8, 4) is 11.3 Å². The van der Waals surface area contributed by atoms with Crippen molar-refractivity contribution in [3.05, 3.63) is 98.7 Å². The van der Waals surface area contributed by atoms with Gasteiger partial charge in [-0.05, 0) is 42.8 Å². The SMILES string of the molecule is COC(=O)C1=C(CN2CCN3C(=O)N(c4ccc(-c5cnc(C)n5COCC[Si](C)(C)C)cc4)C[C@@H]3C2)NC(c2nccs2)=NC1c1ccc(F)cc1Cl. The molecular weight excluding hydrogens is 747 g/mol. The Hall–Kier alpha value is -4.41. The Morgan fingerprint density at radius 3 is 2.61 bits per heavy atom. The van der Waals surface area contributed by atoms with Crippen molar-refractivity contribution in [2.75, 3.05) is 51.3 Å². The molecule has 1 N–H and O–H groups in total. The van der Waals surface area contributed by atoms with Gasteiger partial charge in [0, 0.05) is 81.0 Å². The topological polar surface area (TPSA) is 117 Å². The maximum Gasteiger partial charge on any atom is 0.338 e. The zero-order chi connectivity index (χ0) is 38.1.